The minimum absolute atomic E-state index is 0.0930. The fourth-order valence-corrected chi connectivity index (χ4v) is 2.66. The van der Waals surface area contributed by atoms with Crippen LogP contribution < -0.4 is 15.7 Å². The molecule has 0 saturated carbocycles. The van der Waals surface area contributed by atoms with Crippen LogP contribution in [0.3, 0.4) is 0 Å². The fraction of sp³-hybridized carbons (Fsp3) is 0.211. The van der Waals surface area contributed by atoms with Gasteiger partial charge < -0.3 is 25.0 Å². The van der Waals surface area contributed by atoms with Crippen LogP contribution in [0.2, 0.25) is 0 Å². The number of nitro groups is 1. The van der Waals surface area contributed by atoms with E-state index in [-0.39, 0.29) is 17.1 Å². The number of hydrogen-bond donors (Lipinski definition) is 2. The lowest BCUT2D eigenvalue weighted by molar-refractivity contribution is -0.384. The van der Waals surface area contributed by atoms with Gasteiger partial charge in [0.15, 0.2) is 10.4 Å². The molecule has 0 fully saturated rings. The van der Waals surface area contributed by atoms with Gasteiger partial charge in [-0.15, -0.1) is 0 Å². The molecule has 10 nitrogen and oxygen atoms in total. The number of carbonyl (C=O) groups excluding carboxylic acids is 3. The summed E-state index contributed by atoms with van der Waals surface area (Å²) < 4.78 is 5.44. The fourth-order valence-electron chi connectivity index (χ4n) is 2.35. The van der Waals surface area contributed by atoms with Crippen molar-refractivity contribution in [3.05, 3.63) is 68.2 Å². The van der Waals surface area contributed by atoms with E-state index in [2.05, 4.69) is 26.6 Å². The molecule has 0 spiro atoms. The van der Waals surface area contributed by atoms with Gasteiger partial charge in [0, 0.05) is 12.1 Å². The first-order chi connectivity index (χ1) is 14.1. The molecule has 2 N–H and O–H groups in total. The monoisotopic (exact) mass is 478 g/mol. The molecule has 0 aliphatic rings. The van der Waals surface area contributed by atoms with Gasteiger partial charge in [0.2, 0.25) is 0 Å². The molecule has 1 aromatic heterocycles. The van der Waals surface area contributed by atoms with Crippen molar-refractivity contribution in [1.82, 2.24) is 10.6 Å². The lowest BCUT2D eigenvalue weighted by Crippen LogP contribution is -2.52. The van der Waals surface area contributed by atoms with Crippen molar-refractivity contribution in [2.45, 2.75) is 19.9 Å². The third-order valence-electron chi connectivity index (χ3n) is 3.91. The highest BCUT2D eigenvalue weighted by atomic mass is 79.9. The topological polar surface area (TPSA) is 155 Å². The SMILES string of the molecule is CC(C)[C@@H](NC(=O)/C(=C/c1ccc([N+](=O)[O-])cc1)NC(=O)c1ccc(Br)o1)C(=O)[O-]. The smallest absolute Gasteiger partial charge is 0.291 e. The van der Waals surface area contributed by atoms with Crippen LogP contribution in [-0.4, -0.2) is 28.7 Å². The molecule has 0 bridgehead atoms. The zero-order valence-corrected chi connectivity index (χ0v) is 17.5. The number of carboxylic acid groups (broad SMARTS) is 1. The van der Waals surface area contributed by atoms with E-state index in [0.717, 1.165) is 0 Å². The molecule has 1 aromatic carbocycles. The Balaban J connectivity index is 2.35. The highest BCUT2D eigenvalue weighted by Crippen LogP contribution is 2.16. The molecule has 11 heteroatoms. The van der Waals surface area contributed by atoms with Crippen molar-refractivity contribution in [3.63, 3.8) is 0 Å². The Labute approximate surface area is 179 Å². The second-order valence-corrected chi connectivity index (χ2v) is 7.26. The highest BCUT2D eigenvalue weighted by molar-refractivity contribution is 9.10. The summed E-state index contributed by atoms with van der Waals surface area (Å²) in [5, 5.41) is 26.7. The van der Waals surface area contributed by atoms with Gasteiger partial charge in [-0.2, -0.15) is 0 Å². The minimum atomic E-state index is -1.48. The molecule has 2 amide bonds. The largest absolute Gasteiger partial charge is 0.548 e. The number of nitrogens with one attached hydrogen (secondary N) is 2. The summed E-state index contributed by atoms with van der Waals surface area (Å²) in [7, 11) is 0. The predicted molar refractivity (Wildman–Crippen MR) is 107 cm³/mol. The van der Waals surface area contributed by atoms with Crippen molar-refractivity contribution in [2.75, 3.05) is 0 Å². The standard InChI is InChI=1S/C19H18BrN3O7/c1-10(2)16(19(26)27)22-17(24)13(21-18(25)14-7-8-15(20)30-14)9-11-3-5-12(6-4-11)23(28)29/h3-10,16H,1-2H3,(H,21,25)(H,22,24)(H,26,27)/p-1/b13-9-/t16-/m1/s1. The summed E-state index contributed by atoms with van der Waals surface area (Å²) in [5.41, 5.74) is -0.0751. The van der Waals surface area contributed by atoms with Gasteiger partial charge in [-0.05, 0) is 57.8 Å². The van der Waals surface area contributed by atoms with Gasteiger partial charge in [0.05, 0.1) is 16.9 Å². The third kappa shape index (κ3) is 6.01. The number of nitrogens with zero attached hydrogens (tertiary/aromatic N) is 1. The van der Waals surface area contributed by atoms with Crippen molar-refractivity contribution < 1.29 is 28.8 Å². The van der Waals surface area contributed by atoms with E-state index in [4.69, 9.17) is 4.42 Å². The molecule has 1 atom stereocenters. The van der Waals surface area contributed by atoms with E-state index in [0.29, 0.717) is 10.2 Å². The van der Waals surface area contributed by atoms with Gasteiger partial charge >= 0.3 is 0 Å². The Bertz CT molecular complexity index is 996. The van der Waals surface area contributed by atoms with Crippen molar-refractivity contribution in [2.24, 2.45) is 5.92 Å². The van der Waals surface area contributed by atoms with Crippen LogP contribution in [0, 0.1) is 16.0 Å². The molecule has 0 saturated heterocycles. The molecule has 30 heavy (non-hydrogen) atoms. The molecule has 2 rings (SSSR count). The molecule has 0 unspecified atom stereocenters. The van der Waals surface area contributed by atoms with Gasteiger partial charge in [0.25, 0.3) is 17.5 Å². The second-order valence-electron chi connectivity index (χ2n) is 6.48. The van der Waals surface area contributed by atoms with E-state index in [1.165, 1.54) is 42.5 Å². The zero-order chi connectivity index (χ0) is 22.4. The van der Waals surface area contributed by atoms with Crippen molar-refractivity contribution >= 4 is 45.5 Å². The molecule has 0 aliphatic carbocycles. The Morgan fingerprint density at radius 1 is 1.13 bits per heavy atom. The van der Waals surface area contributed by atoms with E-state index < -0.39 is 34.7 Å². The van der Waals surface area contributed by atoms with E-state index in [9.17, 15) is 29.6 Å². The maximum absolute atomic E-state index is 12.7. The maximum atomic E-state index is 12.7. The van der Waals surface area contributed by atoms with Gasteiger partial charge in [-0.25, -0.2) is 0 Å². The average molecular weight is 479 g/mol. The maximum Gasteiger partial charge on any atom is 0.291 e. The number of non-ortho nitro benzene ring substituents is 1. The quantitative estimate of drug-likeness (QED) is 0.331. The number of halogens is 1. The van der Waals surface area contributed by atoms with Crippen LogP contribution in [0.4, 0.5) is 5.69 Å². The number of rotatable bonds is 8. The van der Waals surface area contributed by atoms with Crippen molar-refractivity contribution in [3.8, 4) is 0 Å². The summed E-state index contributed by atoms with van der Waals surface area (Å²) in [4.78, 5) is 46.6. The Hall–Kier alpha value is -3.47. The number of benzene rings is 1. The van der Waals surface area contributed by atoms with Crippen LogP contribution in [0.5, 0.6) is 0 Å². The Morgan fingerprint density at radius 2 is 1.77 bits per heavy atom. The second kappa shape index (κ2) is 9.83. The van der Waals surface area contributed by atoms with Crippen molar-refractivity contribution in [1.29, 1.82) is 0 Å². The molecule has 1 heterocycles. The Kier molecular flexibility index (Phi) is 7.48. The Morgan fingerprint density at radius 3 is 2.23 bits per heavy atom. The number of nitro benzene ring substituents is 1. The zero-order valence-electron chi connectivity index (χ0n) is 15.9. The minimum Gasteiger partial charge on any atom is -0.548 e. The first-order valence-electron chi connectivity index (χ1n) is 8.63. The number of aliphatic carboxylic acids is 1. The molecular formula is C19H17BrN3O7-. The number of amides is 2. The number of furan rings is 1. The lowest BCUT2D eigenvalue weighted by Gasteiger charge is -2.24. The molecular weight excluding hydrogens is 462 g/mol. The summed E-state index contributed by atoms with van der Waals surface area (Å²) in [5.74, 6) is -3.68. The van der Waals surface area contributed by atoms with E-state index in [1.807, 2.05) is 0 Å². The summed E-state index contributed by atoms with van der Waals surface area (Å²) in [6.07, 6.45) is 1.25. The molecule has 158 valence electrons. The van der Waals surface area contributed by atoms with Crippen LogP contribution >= 0.6 is 15.9 Å². The van der Waals surface area contributed by atoms with E-state index in [1.54, 1.807) is 13.8 Å². The number of carbonyl (C=O) groups is 3. The summed E-state index contributed by atoms with van der Waals surface area (Å²) in [6, 6.07) is 6.76. The van der Waals surface area contributed by atoms with Gasteiger partial charge in [0.1, 0.15) is 5.70 Å². The van der Waals surface area contributed by atoms with Gasteiger partial charge in [-0.1, -0.05) is 13.8 Å². The number of carboxylic acids is 1. The third-order valence-corrected chi connectivity index (χ3v) is 4.34. The average Bonchev–Trinajstić information content (AvgIpc) is 3.11. The lowest BCUT2D eigenvalue weighted by atomic mass is 10.0. The van der Waals surface area contributed by atoms with E-state index >= 15 is 0 Å². The molecule has 2 aromatic rings. The highest BCUT2D eigenvalue weighted by Gasteiger charge is 2.22. The number of hydrogen-bond acceptors (Lipinski definition) is 7. The molecule has 0 radical (unpaired) electrons. The first kappa shape index (κ1) is 22.8. The first-order valence-corrected chi connectivity index (χ1v) is 9.42. The summed E-state index contributed by atoms with van der Waals surface area (Å²) in [6.45, 7) is 3.17. The van der Waals surface area contributed by atoms with Gasteiger partial charge in [-0.3, -0.25) is 19.7 Å². The normalized spacial score (nSPS) is 12.3. The van der Waals surface area contributed by atoms with Crippen LogP contribution in [0.1, 0.15) is 30.0 Å². The molecule has 0 aliphatic heterocycles. The van der Waals surface area contributed by atoms with Crippen LogP contribution in [0.25, 0.3) is 6.08 Å². The van der Waals surface area contributed by atoms with Crippen LogP contribution in [0.15, 0.2) is 51.2 Å². The predicted octanol–water partition coefficient (Wildman–Crippen LogP) is 1.61. The summed E-state index contributed by atoms with van der Waals surface area (Å²) >= 11 is 3.06. The van der Waals surface area contributed by atoms with Crippen LogP contribution in [-0.2, 0) is 9.59 Å².